The van der Waals surface area contributed by atoms with Crippen LogP contribution in [0, 0.1) is 5.41 Å². The molecule has 9 nitrogen and oxygen atoms in total. The molecule has 2 aromatic rings. The molecule has 1 saturated heterocycles. The van der Waals surface area contributed by atoms with E-state index in [-0.39, 0.29) is 42.1 Å². The van der Waals surface area contributed by atoms with Gasteiger partial charge in [0.25, 0.3) is 0 Å². The van der Waals surface area contributed by atoms with Gasteiger partial charge in [0.05, 0.1) is 11.6 Å². The van der Waals surface area contributed by atoms with E-state index in [9.17, 15) is 9.59 Å². The maximum absolute atomic E-state index is 12.3. The normalized spacial score (nSPS) is 17.9. The van der Waals surface area contributed by atoms with Crippen molar-refractivity contribution in [2.45, 2.75) is 72.7 Å². The minimum absolute atomic E-state index is 0.00705. The monoisotopic (exact) mass is 534 g/mol. The number of cyclic esters (lactones) is 1. The van der Waals surface area contributed by atoms with Gasteiger partial charge in [0.15, 0.2) is 0 Å². The Bertz CT molecular complexity index is 1180. The number of benzene rings is 1. The molecule has 0 aliphatic carbocycles. The standard InChI is InChI=1S/C30H42N6O3/c1-8-26(37)35-15-13-34(14-16-35)25(17-30(5,6)7)23-11-9-22(10-12-23)21(4)32-28-31-18-24-19-39-29(38)36(20(2)3)27(24)33-28/h8-12,18,20-21,25H,1,13-17,19H2,2-7H3,(H,31,32,33)/t21-,25?/m0/s1. The number of rotatable bonds is 8. The van der Waals surface area contributed by atoms with E-state index in [1.54, 1.807) is 11.1 Å². The molecular weight excluding hydrogens is 492 g/mol. The number of anilines is 2. The number of fused-ring (bicyclic) bond motifs is 1. The van der Waals surface area contributed by atoms with Gasteiger partial charge >= 0.3 is 6.09 Å². The number of carbonyl (C=O) groups excluding carboxylic acids is 2. The zero-order valence-corrected chi connectivity index (χ0v) is 24.1. The van der Waals surface area contributed by atoms with Gasteiger partial charge in [-0.1, -0.05) is 51.6 Å². The Labute approximate surface area is 232 Å². The van der Waals surface area contributed by atoms with Gasteiger partial charge in [-0.05, 0) is 49.8 Å². The van der Waals surface area contributed by atoms with Crippen LogP contribution in [0.15, 0.2) is 43.1 Å². The van der Waals surface area contributed by atoms with E-state index >= 15 is 0 Å². The molecule has 1 unspecified atom stereocenters. The van der Waals surface area contributed by atoms with E-state index in [0.29, 0.717) is 11.8 Å². The van der Waals surface area contributed by atoms with Crippen LogP contribution in [0.1, 0.15) is 76.7 Å². The van der Waals surface area contributed by atoms with Gasteiger partial charge in [-0.3, -0.25) is 14.6 Å². The first-order valence-electron chi connectivity index (χ1n) is 13.8. The van der Waals surface area contributed by atoms with Crippen LogP contribution in [-0.2, 0) is 16.1 Å². The predicted octanol–water partition coefficient (Wildman–Crippen LogP) is 5.32. The van der Waals surface area contributed by atoms with E-state index in [1.807, 2.05) is 18.7 Å². The average Bonchev–Trinajstić information content (AvgIpc) is 2.90. The van der Waals surface area contributed by atoms with Crippen LogP contribution in [0.4, 0.5) is 16.6 Å². The van der Waals surface area contributed by atoms with Crippen LogP contribution in [0.25, 0.3) is 0 Å². The van der Waals surface area contributed by atoms with E-state index in [2.05, 4.69) is 78.7 Å². The van der Waals surface area contributed by atoms with Gasteiger partial charge in [0.1, 0.15) is 12.4 Å². The molecule has 0 bridgehead atoms. The lowest BCUT2D eigenvalue weighted by molar-refractivity contribution is -0.128. The zero-order valence-electron chi connectivity index (χ0n) is 24.1. The summed E-state index contributed by atoms with van der Waals surface area (Å²) in [6.07, 6.45) is 3.76. The molecule has 0 saturated carbocycles. The molecule has 1 aromatic carbocycles. The third kappa shape index (κ3) is 6.76. The number of aromatic nitrogens is 2. The Hall–Kier alpha value is -3.46. The summed E-state index contributed by atoms with van der Waals surface area (Å²) in [6.45, 7) is 19.7. The molecular formula is C30H42N6O3. The number of nitrogens with one attached hydrogen (secondary N) is 1. The van der Waals surface area contributed by atoms with Crippen molar-refractivity contribution in [3.63, 3.8) is 0 Å². The lowest BCUT2D eigenvalue weighted by Gasteiger charge is -2.41. The molecule has 0 spiro atoms. The molecule has 4 rings (SSSR count). The first-order valence-corrected chi connectivity index (χ1v) is 13.8. The summed E-state index contributed by atoms with van der Waals surface area (Å²) in [5.74, 6) is 1.08. The van der Waals surface area contributed by atoms with Crippen molar-refractivity contribution >= 4 is 23.8 Å². The van der Waals surface area contributed by atoms with Crippen molar-refractivity contribution in [3.05, 3.63) is 59.8 Å². The number of amides is 2. The van der Waals surface area contributed by atoms with Crippen molar-refractivity contribution in [1.82, 2.24) is 19.8 Å². The first-order chi connectivity index (χ1) is 18.5. The van der Waals surface area contributed by atoms with Crippen molar-refractivity contribution in [2.75, 3.05) is 36.4 Å². The van der Waals surface area contributed by atoms with Gasteiger partial charge in [-0.25, -0.2) is 9.78 Å². The highest BCUT2D eigenvalue weighted by atomic mass is 16.6. The van der Waals surface area contributed by atoms with Gasteiger partial charge < -0.3 is 15.0 Å². The summed E-state index contributed by atoms with van der Waals surface area (Å²) in [4.78, 5) is 39.4. The first kappa shape index (κ1) is 28.5. The van der Waals surface area contributed by atoms with Crippen LogP contribution >= 0.6 is 0 Å². The molecule has 9 heteroatoms. The predicted molar refractivity (Wildman–Crippen MR) is 153 cm³/mol. The van der Waals surface area contributed by atoms with E-state index in [1.165, 1.54) is 11.6 Å². The van der Waals surface area contributed by atoms with Crippen LogP contribution in [0.2, 0.25) is 0 Å². The molecule has 2 aliphatic rings. The lowest BCUT2D eigenvalue weighted by Crippen LogP contribution is -2.49. The average molecular weight is 535 g/mol. The lowest BCUT2D eigenvalue weighted by atomic mass is 9.84. The number of nitrogens with zero attached hydrogens (tertiary/aromatic N) is 5. The number of hydrogen-bond donors (Lipinski definition) is 1. The molecule has 2 aliphatic heterocycles. The Morgan fingerprint density at radius 2 is 1.74 bits per heavy atom. The Balaban J connectivity index is 1.48. The molecule has 39 heavy (non-hydrogen) atoms. The summed E-state index contributed by atoms with van der Waals surface area (Å²) in [7, 11) is 0. The fourth-order valence-electron chi connectivity index (χ4n) is 5.23. The van der Waals surface area contributed by atoms with Crippen molar-refractivity contribution in [2.24, 2.45) is 5.41 Å². The Morgan fingerprint density at radius 3 is 2.33 bits per heavy atom. The minimum Gasteiger partial charge on any atom is -0.444 e. The second kappa shape index (κ2) is 11.7. The third-order valence-corrected chi connectivity index (χ3v) is 7.35. The van der Waals surface area contributed by atoms with Crippen LogP contribution in [-0.4, -0.2) is 64.0 Å². The smallest absolute Gasteiger partial charge is 0.416 e. The number of ether oxygens (including phenoxy) is 1. The molecule has 210 valence electrons. The summed E-state index contributed by atoms with van der Waals surface area (Å²) < 4.78 is 5.26. The van der Waals surface area contributed by atoms with Crippen LogP contribution < -0.4 is 10.2 Å². The van der Waals surface area contributed by atoms with Gasteiger partial charge in [-0.2, -0.15) is 4.98 Å². The van der Waals surface area contributed by atoms with Gasteiger partial charge in [0, 0.05) is 44.5 Å². The summed E-state index contributed by atoms with van der Waals surface area (Å²) in [5, 5.41) is 3.40. The summed E-state index contributed by atoms with van der Waals surface area (Å²) in [6, 6.07) is 8.93. The Morgan fingerprint density at radius 1 is 1.10 bits per heavy atom. The molecule has 0 radical (unpaired) electrons. The highest BCUT2D eigenvalue weighted by Crippen LogP contribution is 2.35. The maximum atomic E-state index is 12.3. The Kier molecular flexibility index (Phi) is 8.59. The SMILES string of the molecule is C=CC(=O)N1CCN(C(CC(C)(C)C)c2ccc([C@H](C)Nc3ncc4c(n3)N(C(C)C)C(=O)OC4)cc2)CC1. The molecule has 1 fully saturated rings. The van der Waals surface area contributed by atoms with Crippen molar-refractivity contribution in [3.8, 4) is 0 Å². The fraction of sp³-hybridized carbons (Fsp3) is 0.533. The molecule has 2 amide bonds. The summed E-state index contributed by atoms with van der Waals surface area (Å²) >= 11 is 0. The number of hydrogen-bond acceptors (Lipinski definition) is 7. The largest absolute Gasteiger partial charge is 0.444 e. The van der Waals surface area contributed by atoms with E-state index < -0.39 is 0 Å². The zero-order chi connectivity index (χ0) is 28.3. The van der Waals surface area contributed by atoms with E-state index in [4.69, 9.17) is 4.74 Å². The third-order valence-electron chi connectivity index (χ3n) is 7.35. The fourth-order valence-corrected chi connectivity index (χ4v) is 5.23. The quantitative estimate of drug-likeness (QED) is 0.458. The molecule has 3 heterocycles. The van der Waals surface area contributed by atoms with Crippen molar-refractivity contribution < 1.29 is 14.3 Å². The molecule has 2 atom stereocenters. The van der Waals surface area contributed by atoms with Gasteiger partial charge in [0.2, 0.25) is 11.9 Å². The number of carbonyl (C=O) groups is 2. The maximum Gasteiger partial charge on any atom is 0.416 e. The summed E-state index contributed by atoms with van der Waals surface area (Å²) in [5.41, 5.74) is 3.36. The van der Waals surface area contributed by atoms with E-state index in [0.717, 1.165) is 43.7 Å². The second-order valence-electron chi connectivity index (χ2n) is 11.9. The topological polar surface area (TPSA) is 90.9 Å². The van der Waals surface area contributed by atoms with Crippen LogP contribution in [0.5, 0.6) is 0 Å². The number of piperazine rings is 1. The van der Waals surface area contributed by atoms with Crippen molar-refractivity contribution in [1.29, 1.82) is 0 Å². The molecule has 1 N–H and O–H groups in total. The highest BCUT2D eigenvalue weighted by Gasteiger charge is 2.31. The van der Waals surface area contributed by atoms with Gasteiger partial charge in [-0.15, -0.1) is 0 Å². The minimum atomic E-state index is -0.385. The second-order valence-corrected chi connectivity index (χ2v) is 11.9. The highest BCUT2D eigenvalue weighted by molar-refractivity contribution is 5.89. The molecule has 1 aromatic heterocycles. The van der Waals surface area contributed by atoms with Crippen LogP contribution in [0.3, 0.4) is 0 Å².